The minimum absolute atomic E-state index is 0.0750. The fraction of sp³-hybridized carbons (Fsp3) is 0.480. The number of urea groups is 1. The Morgan fingerprint density at radius 2 is 1.79 bits per heavy atom. The second-order valence-corrected chi connectivity index (χ2v) is 11.0. The Morgan fingerprint density at radius 1 is 1.06 bits per heavy atom. The van der Waals surface area contributed by atoms with Gasteiger partial charge < -0.3 is 15.0 Å². The van der Waals surface area contributed by atoms with Gasteiger partial charge in [-0.15, -0.1) is 0 Å². The molecular weight excluding hydrogens is 438 g/mol. The van der Waals surface area contributed by atoms with E-state index in [0.29, 0.717) is 44.4 Å². The Labute approximate surface area is 196 Å². The molecule has 7 nitrogen and oxygen atoms in total. The van der Waals surface area contributed by atoms with E-state index in [2.05, 4.69) is 24.4 Å². The van der Waals surface area contributed by atoms with Gasteiger partial charge in [0.2, 0.25) is 10.0 Å². The maximum absolute atomic E-state index is 12.9. The largest absolute Gasteiger partial charge is 0.375 e. The Morgan fingerprint density at radius 3 is 2.48 bits per heavy atom. The van der Waals surface area contributed by atoms with Crippen LogP contribution >= 0.6 is 0 Å². The van der Waals surface area contributed by atoms with Gasteiger partial charge in [0.25, 0.3) is 0 Å². The number of anilines is 1. The van der Waals surface area contributed by atoms with Crippen LogP contribution in [0.15, 0.2) is 59.5 Å². The number of nitrogens with one attached hydrogen (secondary N) is 1. The topological polar surface area (TPSA) is 79.0 Å². The van der Waals surface area contributed by atoms with Crippen LogP contribution in [0.3, 0.4) is 0 Å². The van der Waals surface area contributed by atoms with Gasteiger partial charge in [0, 0.05) is 25.4 Å². The van der Waals surface area contributed by atoms with E-state index < -0.39 is 10.0 Å². The van der Waals surface area contributed by atoms with Crippen molar-refractivity contribution in [2.24, 2.45) is 5.92 Å². The lowest BCUT2D eigenvalue weighted by atomic mass is 10.0. The summed E-state index contributed by atoms with van der Waals surface area (Å²) < 4.78 is 33.2. The summed E-state index contributed by atoms with van der Waals surface area (Å²) in [6.07, 6.45) is 3.97. The van der Waals surface area contributed by atoms with Crippen LogP contribution in [0.2, 0.25) is 0 Å². The number of hydrogen-bond donors (Lipinski definition) is 1. The molecule has 2 saturated heterocycles. The number of carbonyl (C=O) groups is 1. The van der Waals surface area contributed by atoms with Gasteiger partial charge in [0.15, 0.2) is 0 Å². The van der Waals surface area contributed by atoms with Gasteiger partial charge in [0.05, 0.1) is 24.1 Å². The van der Waals surface area contributed by atoms with Crippen molar-refractivity contribution in [2.75, 3.05) is 38.1 Å². The van der Waals surface area contributed by atoms with Crippen molar-refractivity contribution in [1.82, 2.24) is 9.21 Å². The molecule has 1 atom stereocenters. The Balaban J connectivity index is 1.19. The van der Waals surface area contributed by atoms with Crippen LogP contribution in [0.4, 0.5) is 10.5 Å². The van der Waals surface area contributed by atoms with Crippen molar-refractivity contribution < 1.29 is 17.9 Å². The molecule has 33 heavy (non-hydrogen) atoms. The highest BCUT2D eigenvalue weighted by molar-refractivity contribution is 7.89. The standard InChI is InChI=1S/C25H33N3O4S/c1-20-7-5-15-28(17-20)33(30,31)24-13-11-22(12-14-24)26-25(29)27-18-23(19-27)32-16-6-10-21-8-3-2-4-9-21/h2-4,8-9,11-14,20,23H,5-7,10,15-19H2,1H3,(H,26,29). The molecule has 2 amide bonds. The van der Waals surface area contributed by atoms with Gasteiger partial charge in [0.1, 0.15) is 0 Å². The minimum Gasteiger partial charge on any atom is -0.375 e. The Bertz CT molecular complexity index is 1020. The molecule has 178 valence electrons. The van der Waals surface area contributed by atoms with Crippen LogP contribution in [0.25, 0.3) is 0 Å². The number of hydrogen-bond acceptors (Lipinski definition) is 4. The van der Waals surface area contributed by atoms with Gasteiger partial charge in [-0.25, -0.2) is 13.2 Å². The van der Waals surface area contributed by atoms with Crippen LogP contribution in [0.1, 0.15) is 31.7 Å². The molecule has 1 unspecified atom stereocenters. The van der Waals surface area contributed by atoms with Crippen LogP contribution in [0.5, 0.6) is 0 Å². The summed E-state index contributed by atoms with van der Waals surface area (Å²) in [4.78, 5) is 14.4. The van der Waals surface area contributed by atoms with Gasteiger partial charge >= 0.3 is 6.03 Å². The van der Waals surface area contributed by atoms with E-state index in [1.807, 2.05) is 18.2 Å². The number of nitrogens with zero attached hydrogens (tertiary/aromatic N) is 2. The summed E-state index contributed by atoms with van der Waals surface area (Å²) in [6.45, 7) is 5.02. The fourth-order valence-electron chi connectivity index (χ4n) is 4.31. The number of amides is 2. The van der Waals surface area contributed by atoms with Crippen molar-refractivity contribution in [3.8, 4) is 0 Å². The van der Waals surface area contributed by atoms with Crippen LogP contribution in [-0.4, -0.2) is 62.5 Å². The number of ether oxygens (including phenoxy) is 1. The SMILES string of the molecule is CC1CCCN(S(=O)(=O)c2ccc(NC(=O)N3CC(OCCCc4ccccc4)C3)cc2)C1. The molecule has 1 N–H and O–H groups in total. The molecule has 4 rings (SSSR count). The van der Waals surface area contributed by atoms with E-state index in [4.69, 9.17) is 4.74 Å². The maximum Gasteiger partial charge on any atom is 0.322 e. The predicted octanol–water partition coefficient (Wildman–Crippen LogP) is 3.97. The van der Waals surface area contributed by atoms with Gasteiger partial charge in [-0.3, -0.25) is 0 Å². The molecule has 0 aromatic heterocycles. The molecule has 0 spiro atoms. The fourth-order valence-corrected chi connectivity index (χ4v) is 5.91. The first kappa shape index (κ1) is 23.7. The number of aryl methyl sites for hydroxylation is 1. The quantitative estimate of drug-likeness (QED) is 0.591. The van der Waals surface area contributed by atoms with Crippen molar-refractivity contribution in [3.05, 3.63) is 60.2 Å². The van der Waals surface area contributed by atoms with E-state index in [9.17, 15) is 13.2 Å². The van der Waals surface area contributed by atoms with E-state index in [-0.39, 0.29) is 17.0 Å². The molecule has 0 aliphatic carbocycles. The number of rotatable bonds is 8. The zero-order chi connectivity index (χ0) is 23.3. The maximum atomic E-state index is 12.9. The molecular formula is C25H33N3O4S. The summed E-state index contributed by atoms with van der Waals surface area (Å²) in [7, 11) is -3.49. The van der Waals surface area contributed by atoms with E-state index in [1.54, 1.807) is 33.5 Å². The number of likely N-dealkylation sites (tertiary alicyclic amines) is 1. The van der Waals surface area contributed by atoms with E-state index >= 15 is 0 Å². The molecule has 2 heterocycles. The first-order valence-corrected chi connectivity index (χ1v) is 13.2. The molecule has 8 heteroatoms. The average molecular weight is 472 g/mol. The van der Waals surface area contributed by atoms with Crippen molar-refractivity contribution in [1.29, 1.82) is 0 Å². The molecule has 2 aromatic carbocycles. The molecule has 2 aromatic rings. The zero-order valence-corrected chi connectivity index (χ0v) is 20.0. The zero-order valence-electron chi connectivity index (χ0n) is 19.2. The number of sulfonamides is 1. The van der Waals surface area contributed by atoms with Crippen LogP contribution in [-0.2, 0) is 21.2 Å². The van der Waals surface area contributed by atoms with E-state index in [1.165, 1.54) is 5.56 Å². The normalized spacial score (nSPS) is 19.8. The molecule has 2 aliphatic rings. The molecule has 2 fully saturated rings. The Hall–Kier alpha value is -2.42. The average Bonchev–Trinajstić information content (AvgIpc) is 2.78. The second kappa shape index (κ2) is 10.7. The predicted molar refractivity (Wildman–Crippen MR) is 129 cm³/mol. The monoisotopic (exact) mass is 471 g/mol. The number of carbonyl (C=O) groups excluding carboxylic acids is 1. The highest BCUT2D eigenvalue weighted by Crippen LogP contribution is 2.24. The van der Waals surface area contributed by atoms with Crippen LogP contribution in [0, 0.1) is 5.92 Å². The summed E-state index contributed by atoms with van der Waals surface area (Å²) in [5, 5.41) is 2.84. The highest BCUT2D eigenvalue weighted by Gasteiger charge is 2.32. The summed E-state index contributed by atoms with van der Waals surface area (Å²) in [5.74, 6) is 0.375. The summed E-state index contributed by atoms with van der Waals surface area (Å²) in [5.41, 5.74) is 1.89. The van der Waals surface area contributed by atoms with E-state index in [0.717, 1.165) is 25.7 Å². The summed E-state index contributed by atoms with van der Waals surface area (Å²) in [6, 6.07) is 16.6. The third-order valence-electron chi connectivity index (χ3n) is 6.30. The molecule has 0 radical (unpaired) electrons. The van der Waals surface area contributed by atoms with Gasteiger partial charge in [-0.2, -0.15) is 4.31 Å². The molecule has 2 aliphatic heterocycles. The van der Waals surface area contributed by atoms with Crippen molar-refractivity contribution in [3.63, 3.8) is 0 Å². The first-order chi connectivity index (χ1) is 15.9. The van der Waals surface area contributed by atoms with Crippen molar-refractivity contribution in [2.45, 2.75) is 43.6 Å². The minimum atomic E-state index is -3.49. The lowest BCUT2D eigenvalue weighted by Crippen LogP contribution is -2.56. The highest BCUT2D eigenvalue weighted by atomic mass is 32.2. The first-order valence-electron chi connectivity index (χ1n) is 11.7. The lowest BCUT2D eigenvalue weighted by molar-refractivity contribution is -0.0337. The third kappa shape index (κ3) is 6.13. The molecule has 0 saturated carbocycles. The third-order valence-corrected chi connectivity index (χ3v) is 8.18. The summed E-state index contributed by atoms with van der Waals surface area (Å²) >= 11 is 0. The van der Waals surface area contributed by atoms with Gasteiger partial charge in [-0.1, -0.05) is 37.3 Å². The number of piperidine rings is 1. The Kier molecular flexibility index (Phi) is 7.67. The molecule has 0 bridgehead atoms. The van der Waals surface area contributed by atoms with Gasteiger partial charge in [-0.05, 0) is 61.4 Å². The van der Waals surface area contributed by atoms with Crippen LogP contribution < -0.4 is 5.32 Å². The van der Waals surface area contributed by atoms with Crippen molar-refractivity contribution >= 4 is 21.7 Å². The smallest absolute Gasteiger partial charge is 0.322 e. The lowest BCUT2D eigenvalue weighted by Gasteiger charge is -2.38. The number of benzene rings is 2. The second-order valence-electron chi connectivity index (χ2n) is 9.05.